The fourth-order valence-corrected chi connectivity index (χ4v) is 5.51. The number of hydrogen-bond donors (Lipinski definition) is 2. The van der Waals surface area contributed by atoms with Crippen molar-refractivity contribution in [3.63, 3.8) is 0 Å². The van der Waals surface area contributed by atoms with E-state index in [1.54, 1.807) is 6.21 Å². The van der Waals surface area contributed by atoms with Crippen molar-refractivity contribution in [3.8, 4) is 6.07 Å². The molecule has 0 bridgehead atoms. The Kier molecular flexibility index (Phi) is 27.2. The summed E-state index contributed by atoms with van der Waals surface area (Å²) in [5.74, 6) is 1.53. The lowest BCUT2D eigenvalue weighted by Gasteiger charge is -2.35. The second kappa shape index (κ2) is 27.8. The van der Waals surface area contributed by atoms with Gasteiger partial charge in [-0.05, 0) is 64.5 Å². The predicted molar refractivity (Wildman–Crippen MR) is 207 cm³/mol. The third-order valence-corrected chi connectivity index (χ3v) is 8.28. The van der Waals surface area contributed by atoms with E-state index in [0.29, 0.717) is 31.3 Å². The van der Waals surface area contributed by atoms with Gasteiger partial charge in [0.25, 0.3) is 0 Å². The molecule has 1 heterocycles. The van der Waals surface area contributed by atoms with Crippen molar-refractivity contribution in [1.82, 2.24) is 10.8 Å². The normalized spacial score (nSPS) is 21.0. The molecular weight excluding hydrogens is 598 g/mol. The minimum absolute atomic E-state index is 0.0544. The Bertz CT molecular complexity index is 1130. The van der Waals surface area contributed by atoms with E-state index in [-0.39, 0.29) is 35.9 Å². The summed E-state index contributed by atoms with van der Waals surface area (Å²) in [7, 11) is 0. The molecule has 48 heavy (non-hydrogen) atoms. The molecule has 0 aromatic carbocycles. The highest BCUT2D eigenvalue weighted by atomic mass is 16.6. The second-order valence-corrected chi connectivity index (χ2v) is 10.9. The highest BCUT2D eigenvalue weighted by Gasteiger charge is 2.35. The minimum atomic E-state index is -0.309. The summed E-state index contributed by atoms with van der Waals surface area (Å²) in [5, 5.41) is 13.5. The zero-order valence-electron chi connectivity index (χ0n) is 33.2. The Hall–Kier alpha value is -3.15. The van der Waals surface area contributed by atoms with Gasteiger partial charge in [0, 0.05) is 41.8 Å². The van der Waals surface area contributed by atoms with Crippen molar-refractivity contribution >= 4 is 12.4 Å². The third-order valence-electron chi connectivity index (χ3n) is 8.28. The number of aliphatic imine (C=N–C) groups is 2. The number of nitriles is 1. The summed E-state index contributed by atoms with van der Waals surface area (Å²) >= 11 is 0. The molecule has 0 saturated carbocycles. The fraction of sp³-hybridized carbons (Fsp3) is 0.675. The summed E-state index contributed by atoms with van der Waals surface area (Å²) in [6.07, 6.45) is 11.2. The average molecular weight is 670 g/mol. The maximum Gasteiger partial charge on any atom is 0.110 e. The molecule has 2 N–H and O–H groups in total. The summed E-state index contributed by atoms with van der Waals surface area (Å²) in [5.41, 5.74) is 7.12. The molecule has 0 saturated heterocycles. The number of hydrogen-bond acceptors (Lipinski definition) is 8. The van der Waals surface area contributed by atoms with E-state index < -0.39 is 0 Å². The van der Waals surface area contributed by atoms with Gasteiger partial charge in [0.05, 0.1) is 41.4 Å². The molecule has 1 aliphatic carbocycles. The van der Waals surface area contributed by atoms with Crippen molar-refractivity contribution in [2.24, 2.45) is 33.7 Å². The lowest BCUT2D eigenvalue weighted by Crippen LogP contribution is -2.39. The van der Waals surface area contributed by atoms with E-state index in [9.17, 15) is 5.26 Å². The van der Waals surface area contributed by atoms with Crippen LogP contribution in [0.2, 0.25) is 0 Å². The topological polar surface area (TPSA) is 100 Å². The summed E-state index contributed by atoms with van der Waals surface area (Å²) in [6, 6.07) is 2.09. The third kappa shape index (κ3) is 14.1. The molecule has 8 heteroatoms. The maximum absolute atomic E-state index is 9.83. The molecule has 0 amide bonds. The van der Waals surface area contributed by atoms with Crippen LogP contribution in [-0.4, -0.2) is 50.4 Å². The number of ether oxygens (including phenoxy) is 2. The molecule has 2 rings (SSSR count). The Morgan fingerprint density at radius 1 is 1.06 bits per heavy atom. The van der Waals surface area contributed by atoms with Crippen LogP contribution in [0.1, 0.15) is 117 Å². The van der Waals surface area contributed by atoms with Gasteiger partial charge in [-0.25, -0.2) is 0 Å². The molecule has 7 unspecified atom stereocenters. The predicted octanol–water partition coefficient (Wildman–Crippen LogP) is 9.89. The Morgan fingerprint density at radius 3 is 2.21 bits per heavy atom. The number of nitrogens with zero attached hydrogens (tertiary/aromatic N) is 3. The van der Waals surface area contributed by atoms with Gasteiger partial charge in [0.15, 0.2) is 0 Å². The summed E-state index contributed by atoms with van der Waals surface area (Å²) in [6.45, 7) is 36.8. The van der Waals surface area contributed by atoms with Gasteiger partial charge in [0.1, 0.15) is 18.8 Å². The van der Waals surface area contributed by atoms with Crippen LogP contribution in [-0.2, 0) is 14.3 Å². The van der Waals surface area contributed by atoms with Crippen molar-refractivity contribution in [2.75, 3.05) is 19.8 Å². The lowest BCUT2D eigenvalue weighted by molar-refractivity contribution is 0.00971. The molecule has 0 radical (unpaired) electrons. The van der Waals surface area contributed by atoms with Crippen molar-refractivity contribution < 1.29 is 14.3 Å². The van der Waals surface area contributed by atoms with Crippen molar-refractivity contribution in [3.05, 3.63) is 58.8 Å². The number of hydroxylamine groups is 1. The molecule has 274 valence electrons. The molecule has 8 nitrogen and oxygen atoms in total. The Labute approximate surface area is 295 Å². The monoisotopic (exact) mass is 670 g/mol. The smallest absolute Gasteiger partial charge is 0.110 e. The first-order chi connectivity index (χ1) is 23.2. The largest absolute Gasteiger partial charge is 0.496 e. The molecule has 7 atom stereocenters. The van der Waals surface area contributed by atoms with Crippen LogP contribution in [0.15, 0.2) is 68.8 Å². The standard InChI is InChI=1S/C34H53N5O3.3C2H6/c1-11-22(7)31(36-14-4)21-41-32(13-3)27(12-2)23(8)25(10)38-29-17-26(19-35)20-37-33-24(9)34(40-15-5)30(18-28(29)33)39-42-16-6;3*1-2/h13-14,17-18,20,22-24,27,29,31,34,38-39H,10-12,15-16,21H2,1-9H3;3*1-2H3/b32-13+,36-14?;;;. The summed E-state index contributed by atoms with van der Waals surface area (Å²) in [4.78, 5) is 15.0. The van der Waals surface area contributed by atoms with E-state index >= 15 is 0 Å². The van der Waals surface area contributed by atoms with Crippen LogP contribution in [0, 0.1) is 35.0 Å². The zero-order chi connectivity index (χ0) is 37.2. The first-order valence-electron chi connectivity index (χ1n) is 18.5. The van der Waals surface area contributed by atoms with E-state index in [4.69, 9.17) is 19.3 Å². The van der Waals surface area contributed by atoms with Gasteiger partial charge in [-0.3, -0.25) is 20.3 Å². The van der Waals surface area contributed by atoms with Gasteiger partial charge in [0.2, 0.25) is 0 Å². The average Bonchev–Trinajstić information content (AvgIpc) is 3.30. The summed E-state index contributed by atoms with van der Waals surface area (Å²) < 4.78 is 12.5. The second-order valence-electron chi connectivity index (χ2n) is 10.9. The number of allylic oxidation sites excluding steroid dienone is 4. The highest BCUT2D eigenvalue weighted by Crippen LogP contribution is 2.36. The van der Waals surface area contributed by atoms with Crippen LogP contribution in [0.5, 0.6) is 0 Å². The molecular formula is C40H71N5O3. The lowest BCUT2D eigenvalue weighted by atomic mass is 9.84. The van der Waals surface area contributed by atoms with Crippen LogP contribution in [0.3, 0.4) is 0 Å². The van der Waals surface area contributed by atoms with Crippen LogP contribution >= 0.6 is 0 Å². The van der Waals surface area contributed by atoms with E-state index in [0.717, 1.165) is 41.3 Å². The molecule has 0 spiro atoms. The number of nitrogens with one attached hydrogen (secondary N) is 2. The Morgan fingerprint density at radius 2 is 1.71 bits per heavy atom. The van der Waals surface area contributed by atoms with Crippen molar-refractivity contribution in [2.45, 2.75) is 135 Å². The zero-order valence-corrected chi connectivity index (χ0v) is 33.2. The van der Waals surface area contributed by atoms with Crippen LogP contribution < -0.4 is 10.8 Å². The van der Waals surface area contributed by atoms with Gasteiger partial charge in [-0.15, -0.1) is 0 Å². The fourth-order valence-electron chi connectivity index (χ4n) is 5.51. The first-order valence-corrected chi connectivity index (χ1v) is 18.5. The first kappa shape index (κ1) is 47.0. The highest BCUT2D eigenvalue weighted by molar-refractivity contribution is 5.85. The van der Waals surface area contributed by atoms with Crippen LogP contribution in [0.25, 0.3) is 0 Å². The van der Waals surface area contributed by atoms with Gasteiger partial charge < -0.3 is 14.8 Å². The van der Waals surface area contributed by atoms with Gasteiger partial charge in [-0.1, -0.05) is 89.2 Å². The number of rotatable bonds is 17. The quantitative estimate of drug-likeness (QED) is 0.0908. The molecule has 0 fully saturated rings. The molecule has 2 aliphatic rings. The van der Waals surface area contributed by atoms with Gasteiger partial charge in [-0.2, -0.15) is 5.26 Å². The molecule has 0 aromatic rings. The molecule has 1 aliphatic heterocycles. The Balaban J connectivity index is 0. The minimum Gasteiger partial charge on any atom is -0.496 e. The van der Waals surface area contributed by atoms with E-state index in [1.807, 2.05) is 87.6 Å². The van der Waals surface area contributed by atoms with E-state index in [1.165, 1.54) is 0 Å². The SMILES string of the molecule is C=C(NC1C=C(C#N)C=NC2=C1C=C(NOCC)C(OCC)C2C)C(C)C(CC)/C(=C\C)OCC(N=CC)C(C)CC.CC.CC.CC. The van der Waals surface area contributed by atoms with Crippen LogP contribution in [0.4, 0.5) is 0 Å². The van der Waals surface area contributed by atoms with Gasteiger partial charge >= 0.3 is 0 Å². The van der Waals surface area contributed by atoms with E-state index in [2.05, 4.69) is 69.1 Å². The van der Waals surface area contributed by atoms with Crippen molar-refractivity contribution in [1.29, 1.82) is 5.26 Å². The molecule has 0 aromatic heterocycles. The maximum atomic E-state index is 9.83.